The van der Waals surface area contributed by atoms with Gasteiger partial charge in [0, 0.05) is 5.92 Å². The number of aliphatic hydroxyl groups is 1. The van der Waals surface area contributed by atoms with Gasteiger partial charge in [0.1, 0.15) is 0 Å². The van der Waals surface area contributed by atoms with Crippen molar-refractivity contribution in [2.24, 2.45) is 17.8 Å². The molecule has 16 heavy (non-hydrogen) atoms. The number of rotatable bonds is 4. The van der Waals surface area contributed by atoms with Gasteiger partial charge in [-0.2, -0.15) is 0 Å². The topological polar surface area (TPSA) is 57.5 Å². The van der Waals surface area contributed by atoms with Crippen LogP contribution in [0.25, 0.3) is 0 Å². The van der Waals surface area contributed by atoms with Gasteiger partial charge in [-0.3, -0.25) is 0 Å². The molecule has 94 valence electrons. The predicted molar refractivity (Wildman–Crippen MR) is 63.2 cm³/mol. The Labute approximate surface area is 97.9 Å². The number of hydrogen-bond donors (Lipinski definition) is 2. The molecule has 3 atom stereocenters. The normalized spacial score (nSPS) is 30.1. The summed E-state index contributed by atoms with van der Waals surface area (Å²) in [7, 11) is 0. The molecule has 0 aromatic rings. The zero-order valence-corrected chi connectivity index (χ0v) is 10.6. The number of carboxylic acid groups (broad SMARTS) is 1. The Bertz CT molecular complexity index is 250. The van der Waals surface area contributed by atoms with Crippen molar-refractivity contribution >= 4 is 5.97 Å². The number of aliphatic carboxylic acids is 1. The van der Waals surface area contributed by atoms with Gasteiger partial charge in [0.15, 0.2) is 5.60 Å². The summed E-state index contributed by atoms with van der Waals surface area (Å²) in [5.41, 5.74) is -1.54. The van der Waals surface area contributed by atoms with Crippen LogP contribution >= 0.6 is 0 Å². The van der Waals surface area contributed by atoms with Gasteiger partial charge in [-0.05, 0) is 18.3 Å². The Morgan fingerprint density at radius 3 is 2.38 bits per heavy atom. The lowest BCUT2D eigenvalue weighted by Crippen LogP contribution is -2.53. The van der Waals surface area contributed by atoms with Gasteiger partial charge >= 0.3 is 5.97 Å². The van der Waals surface area contributed by atoms with E-state index in [0.717, 1.165) is 25.7 Å². The van der Waals surface area contributed by atoms with E-state index >= 15 is 0 Å². The van der Waals surface area contributed by atoms with E-state index in [1.807, 2.05) is 0 Å². The maximum atomic E-state index is 11.4. The molecule has 3 heteroatoms. The van der Waals surface area contributed by atoms with Crippen LogP contribution in [-0.4, -0.2) is 21.8 Å². The summed E-state index contributed by atoms with van der Waals surface area (Å²) in [5.74, 6) is -1.00. The van der Waals surface area contributed by atoms with Crippen molar-refractivity contribution in [2.45, 2.75) is 58.5 Å². The Balaban J connectivity index is 2.96. The van der Waals surface area contributed by atoms with E-state index in [4.69, 9.17) is 0 Å². The molecule has 1 fully saturated rings. The lowest BCUT2D eigenvalue weighted by Gasteiger charge is -2.42. The minimum Gasteiger partial charge on any atom is -0.479 e. The van der Waals surface area contributed by atoms with Crippen LogP contribution in [0.15, 0.2) is 0 Å². The molecule has 0 radical (unpaired) electrons. The molecular weight excluding hydrogens is 204 g/mol. The van der Waals surface area contributed by atoms with Crippen LogP contribution in [0.5, 0.6) is 0 Å². The van der Waals surface area contributed by atoms with Gasteiger partial charge in [-0.15, -0.1) is 0 Å². The van der Waals surface area contributed by atoms with Gasteiger partial charge in [0.2, 0.25) is 0 Å². The van der Waals surface area contributed by atoms with Crippen molar-refractivity contribution in [1.82, 2.24) is 0 Å². The quantitative estimate of drug-likeness (QED) is 0.777. The third-order valence-corrected chi connectivity index (χ3v) is 4.22. The highest BCUT2D eigenvalue weighted by molar-refractivity contribution is 5.78. The summed E-state index contributed by atoms with van der Waals surface area (Å²) in [6, 6.07) is 0. The molecule has 3 unspecified atom stereocenters. The van der Waals surface area contributed by atoms with Gasteiger partial charge < -0.3 is 10.2 Å². The maximum absolute atomic E-state index is 11.4. The fraction of sp³-hybridized carbons (Fsp3) is 0.923. The zero-order chi connectivity index (χ0) is 12.3. The number of carboxylic acids is 1. The van der Waals surface area contributed by atoms with Crippen LogP contribution in [0, 0.1) is 17.8 Å². The summed E-state index contributed by atoms with van der Waals surface area (Å²) in [5, 5.41) is 19.8. The molecule has 1 aliphatic rings. The minimum absolute atomic E-state index is 0.0799. The van der Waals surface area contributed by atoms with E-state index in [0.29, 0.717) is 5.92 Å². The third-order valence-electron chi connectivity index (χ3n) is 4.22. The second-order valence-corrected chi connectivity index (χ2v) is 5.34. The van der Waals surface area contributed by atoms with E-state index < -0.39 is 11.6 Å². The average molecular weight is 228 g/mol. The second-order valence-electron chi connectivity index (χ2n) is 5.34. The lowest BCUT2D eigenvalue weighted by molar-refractivity contribution is -0.177. The molecule has 0 aliphatic heterocycles. The van der Waals surface area contributed by atoms with Crippen LogP contribution in [0.3, 0.4) is 0 Å². The molecule has 0 aromatic heterocycles. The molecule has 0 heterocycles. The van der Waals surface area contributed by atoms with Crippen molar-refractivity contribution in [3.8, 4) is 0 Å². The van der Waals surface area contributed by atoms with Crippen molar-refractivity contribution < 1.29 is 15.0 Å². The van der Waals surface area contributed by atoms with Gasteiger partial charge in [0.25, 0.3) is 0 Å². The van der Waals surface area contributed by atoms with Crippen LogP contribution in [0.4, 0.5) is 0 Å². The molecule has 2 N–H and O–H groups in total. The van der Waals surface area contributed by atoms with Crippen LogP contribution in [0.1, 0.15) is 52.9 Å². The summed E-state index contributed by atoms with van der Waals surface area (Å²) in [6.07, 6.45) is 5.09. The maximum Gasteiger partial charge on any atom is 0.336 e. The van der Waals surface area contributed by atoms with Crippen molar-refractivity contribution in [1.29, 1.82) is 0 Å². The molecule has 0 saturated heterocycles. The first-order chi connectivity index (χ1) is 7.44. The second kappa shape index (κ2) is 5.17. The molecule has 0 aromatic carbocycles. The number of hydrogen-bond acceptors (Lipinski definition) is 2. The molecule has 1 rings (SSSR count). The first-order valence-electron chi connectivity index (χ1n) is 6.40. The van der Waals surface area contributed by atoms with Crippen LogP contribution in [0.2, 0.25) is 0 Å². The highest BCUT2D eigenvalue weighted by atomic mass is 16.4. The van der Waals surface area contributed by atoms with Crippen molar-refractivity contribution in [2.75, 3.05) is 0 Å². The average Bonchev–Trinajstić information content (AvgIpc) is 2.27. The lowest BCUT2D eigenvalue weighted by atomic mass is 9.65. The molecule has 0 spiro atoms. The van der Waals surface area contributed by atoms with Gasteiger partial charge in [0.05, 0.1) is 0 Å². The zero-order valence-electron chi connectivity index (χ0n) is 10.6. The Hall–Kier alpha value is -0.570. The molecule has 1 aliphatic carbocycles. The van der Waals surface area contributed by atoms with E-state index in [1.165, 1.54) is 6.42 Å². The van der Waals surface area contributed by atoms with Crippen LogP contribution < -0.4 is 0 Å². The van der Waals surface area contributed by atoms with Gasteiger partial charge in [-0.25, -0.2) is 4.79 Å². The molecule has 0 amide bonds. The first-order valence-corrected chi connectivity index (χ1v) is 6.40. The minimum atomic E-state index is -1.54. The summed E-state index contributed by atoms with van der Waals surface area (Å²) in [4.78, 5) is 11.4. The van der Waals surface area contributed by atoms with Gasteiger partial charge in [-0.1, -0.05) is 46.5 Å². The first kappa shape index (κ1) is 13.5. The largest absolute Gasteiger partial charge is 0.479 e. The Kier molecular flexibility index (Phi) is 4.36. The van der Waals surface area contributed by atoms with E-state index in [1.54, 1.807) is 13.8 Å². The Morgan fingerprint density at radius 1 is 1.38 bits per heavy atom. The van der Waals surface area contributed by atoms with E-state index in [2.05, 4.69) is 6.92 Å². The highest BCUT2D eigenvalue weighted by Gasteiger charge is 2.49. The summed E-state index contributed by atoms with van der Waals surface area (Å²) >= 11 is 0. The Morgan fingerprint density at radius 2 is 1.94 bits per heavy atom. The standard InChI is InChI=1S/C13H24O3/c1-4-10-7-5-6-8-11(10)13(16,9(2)3)12(14)15/h9-11,16H,4-8H2,1-3H3,(H,14,15). The smallest absolute Gasteiger partial charge is 0.336 e. The fourth-order valence-corrected chi connectivity index (χ4v) is 3.11. The summed E-state index contributed by atoms with van der Waals surface area (Å²) in [6.45, 7) is 5.69. The predicted octanol–water partition coefficient (Wildman–Crippen LogP) is 2.67. The molecule has 1 saturated carbocycles. The summed E-state index contributed by atoms with van der Waals surface area (Å²) < 4.78 is 0. The van der Waals surface area contributed by atoms with Crippen molar-refractivity contribution in [3.05, 3.63) is 0 Å². The third kappa shape index (κ3) is 2.24. The molecular formula is C13H24O3. The SMILES string of the molecule is CCC1CCCCC1C(O)(C(=O)O)C(C)C. The van der Waals surface area contributed by atoms with Crippen LogP contribution in [-0.2, 0) is 4.79 Å². The molecule has 3 nitrogen and oxygen atoms in total. The highest BCUT2D eigenvalue weighted by Crippen LogP contribution is 2.42. The monoisotopic (exact) mass is 228 g/mol. The van der Waals surface area contributed by atoms with Crippen molar-refractivity contribution in [3.63, 3.8) is 0 Å². The number of carbonyl (C=O) groups is 1. The van der Waals surface area contributed by atoms with E-state index in [-0.39, 0.29) is 11.8 Å². The van der Waals surface area contributed by atoms with E-state index in [9.17, 15) is 15.0 Å². The fourth-order valence-electron chi connectivity index (χ4n) is 3.11. The molecule has 0 bridgehead atoms.